The third-order valence-corrected chi connectivity index (χ3v) is 3.77. The molecule has 1 aromatic heterocycles. The summed E-state index contributed by atoms with van der Waals surface area (Å²) in [6.07, 6.45) is 1.74. The van der Waals surface area contributed by atoms with Crippen molar-refractivity contribution in [2.45, 2.75) is 0 Å². The first kappa shape index (κ1) is 17.6. The standard InChI is InChI=1S/C20H18N4OS/c1-25-17-12-10-16(11-13-17)22-20(26)24-23-19(15-7-3-2-4-8-15)18-9-5-6-14-21-18/h2-14H,1H3,(H2,22,24,26). The number of hydrazone groups is 1. The van der Waals surface area contributed by atoms with E-state index < -0.39 is 0 Å². The quantitative estimate of drug-likeness (QED) is 0.410. The van der Waals surface area contributed by atoms with Crippen molar-refractivity contribution in [1.29, 1.82) is 0 Å². The molecule has 2 N–H and O–H groups in total. The molecule has 0 saturated carbocycles. The molecule has 0 radical (unpaired) electrons. The van der Waals surface area contributed by atoms with Gasteiger partial charge < -0.3 is 10.1 Å². The molecule has 130 valence electrons. The summed E-state index contributed by atoms with van der Waals surface area (Å²) in [7, 11) is 1.63. The van der Waals surface area contributed by atoms with Gasteiger partial charge in [0.15, 0.2) is 5.11 Å². The normalized spacial score (nSPS) is 10.9. The Hall–Kier alpha value is -3.25. The number of rotatable bonds is 5. The topological polar surface area (TPSA) is 58.5 Å². The fourth-order valence-corrected chi connectivity index (χ4v) is 2.47. The van der Waals surface area contributed by atoms with Gasteiger partial charge >= 0.3 is 0 Å². The van der Waals surface area contributed by atoms with Crippen LogP contribution in [0.1, 0.15) is 11.3 Å². The fourth-order valence-electron chi connectivity index (χ4n) is 2.31. The fraction of sp³-hybridized carbons (Fsp3) is 0.0500. The van der Waals surface area contributed by atoms with Gasteiger partial charge in [0.25, 0.3) is 0 Å². The van der Waals surface area contributed by atoms with Crippen molar-refractivity contribution in [3.05, 3.63) is 90.3 Å². The number of benzene rings is 2. The first-order valence-corrected chi connectivity index (χ1v) is 8.42. The largest absolute Gasteiger partial charge is 0.497 e. The second-order valence-corrected chi connectivity index (χ2v) is 5.74. The first-order valence-electron chi connectivity index (χ1n) is 8.02. The highest BCUT2D eigenvalue weighted by Gasteiger charge is 2.08. The number of ether oxygens (including phenoxy) is 1. The summed E-state index contributed by atoms with van der Waals surface area (Å²) < 4.78 is 5.15. The molecular formula is C20H18N4OS. The third-order valence-electron chi connectivity index (χ3n) is 3.57. The van der Waals surface area contributed by atoms with E-state index in [1.165, 1.54) is 0 Å². The Morgan fingerprint density at radius 2 is 1.69 bits per heavy atom. The summed E-state index contributed by atoms with van der Waals surface area (Å²) in [4.78, 5) is 4.39. The van der Waals surface area contributed by atoms with Crippen LogP contribution < -0.4 is 15.5 Å². The smallest absolute Gasteiger partial charge is 0.191 e. The molecule has 0 aliphatic rings. The molecule has 0 saturated heterocycles. The van der Waals surface area contributed by atoms with Gasteiger partial charge in [0.2, 0.25) is 0 Å². The van der Waals surface area contributed by atoms with E-state index in [2.05, 4.69) is 20.8 Å². The maximum absolute atomic E-state index is 5.33. The zero-order valence-electron chi connectivity index (χ0n) is 14.2. The Labute approximate surface area is 157 Å². The summed E-state index contributed by atoms with van der Waals surface area (Å²) in [6.45, 7) is 0. The Morgan fingerprint density at radius 3 is 2.35 bits per heavy atom. The highest BCUT2D eigenvalue weighted by molar-refractivity contribution is 7.80. The molecule has 0 bridgehead atoms. The van der Waals surface area contributed by atoms with E-state index in [0.717, 1.165) is 22.7 Å². The first-order chi connectivity index (χ1) is 12.8. The van der Waals surface area contributed by atoms with Crippen molar-refractivity contribution in [3.63, 3.8) is 0 Å². The van der Waals surface area contributed by atoms with E-state index in [4.69, 9.17) is 17.0 Å². The predicted molar refractivity (Wildman–Crippen MR) is 109 cm³/mol. The van der Waals surface area contributed by atoms with Crippen LogP contribution in [0.4, 0.5) is 5.69 Å². The maximum atomic E-state index is 5.33. The van der Waals surface area contributed by atoms with Crippen molar-refractivity contribution in [3.8, 4) is 5.75 Å². The van der Waals surface area contributed by atoms with Crippen LogP contribution in [0.25, 0.3) is 0 Å². The lowest BCUT2D eigenvalue weighted by Crippen LogP contribution is -2.25. The third kappa shape index (κ3) is 4.64. The second kappa shape index (κ2) is 8.73. The van der Waals surface area contributed by atoms with Crippen LogP contribution in [0.2, 0.25) is 0 Å². The number of nitrogens with zero attached hydrogens (tertiary/aromatic N) is 2. The van der Waals surface area contributed by atoms with Gasteiger partial charge in [-0.3, -0.25) is 10.4 Å². The summed E-state index contributed by atoms with van der Waals surface area (Å²) >= 11 is 5.33. The van der Waals surface area contributed by atoms with Gasteiger partial charge in [-0.25, -0.2) is 0 Å². The molecule has 0 aliphatic heterocycles. The highest BCUT2D eigenvalue weighted by atomic mass is 32.1. The van der Waals surface area contributed by atoms with E-state index in [0.29, 0.717) is 10.8 Å². The lowest BCUT2D eigenvalue weighted by Gasteiger charge is -2.10. The Balaban J connectivity index is 1.76. The Morgan fingerprint density at radius 1 is 0.962 bits per heavy atom. The number of anilines is 1. The lowest BCUT2D eigenvalue weighted by atomic mass is 10.1. The zero-order chi connectivity index (χ0) is 18.2. The summed E-state index contributed by atoms with van der Waals surface area (Å²) in [5, 5.41) is 7.95. The molecule has 0 fully saturated rings. The molecular weight excluding hydrogens is 344 g/mol. The second-order valence-electron chi connectivity index (χ2n) is 5.34. The number of thiocarbonyl (C=S) groups is 1. The highest BCUT2D eigenvalue weighted by Crippen LogP contribution is 2.15. The number of pyridine rings is 1. The van der Waals surface area contributed by atoms with Gasteiger partial charge in [0.1, 0.15) is 11.5 Å². The minimum absolute atomic E-state index is 0.388. The van der Waals surface area contributed by atoms with Gasteiger partial charge in [0.05, 0.1) is 12.8 Å². The van der Waals surface area contributed by atoms with E-state index in [1.807, 2.05) is 72.8 Å². The van der Waals surface area contributed by atoms with Crippen LogP contribution in [-0.2, 0) is 0 Å². The number of methoxy groups -OCH3 is 1. The van der Waals surface area contributed by atoms with Crippen molar-refractivity contribution < 1.29 is 4.74 Å². The number of hydrogen-bond donors (Lipinski definition) is 2. The van der Waals surface area contributed by atoms with Gasteiger partial charge in [0, 0.05) is 17.4 Å². The SMILES string of the molecule is COc1ccc(NC(=S)NN=C(c2ccccc2)c2ccccn2)cc1. The molecule has 3 aromatic rings. The zero-order valence-corrected chi connectivity index (χ0v) is 15.0. The molecule has 0 atom stereocenters. The van der Waals surface area contributed by atoms with Crippen LogP contribution >= 0.6 is 12.2 Å². The molecule has 0 unspecified atom stereocenters. The molecule has 5 nitrogen and oxygen atoms in total. The van der Waals surface area contributed by atoms with Crippen molar-refractivity contribution >= 4 is 28.7 Å². The Kier molecular flexibility index (Phi) is 5.90. The van der Waals surface area contributed by atoms with Crippen LogP contribution in [0, 0.1) is 0 Å². The molecule has 1 heterocycles. The molecule has 0 aliphatic carbocycles. The summed E-state index contributed by atoms with van der Waals surface area (Å²) in [5.74, 6) is 0.786. The number of hydrogen-bond acceptors (Lipinski definition) is 4. The average molecular weight is 362 g/mol. The lowest BCUT2D eigenvalue weighted by molar-refractivity contribution is 0.415. The number of aromatic nitrogens is 1. The monoisotopic (exact) mass is 362 g/mol. The molecule has 3 rings (SSSR count). The molecule has 0 spiro atoms. The van der Waals surface area contributed by atoms with Crippen molar-refractivity contribution in [2.75, 3.05) is 12.4 Å². The minimum atomic E-state index is 0.388. The van der Waals surface area contributed by atoms with Crippen LogP contribution in [0.15, 0.2) is 84.1 Å². The van der Waals surface area contributed by atoms with Crippen LogP contribution in [0.5, 0.6) is 5.75 Å². The van der Waals surface area contributed by atoms with E-state index in [9.17, 15) is 0 Å². The van der Waals surface area contributed by atoms with Crippen molar-refractivity contribution in [2.24, 2.45) is 5.10 Å². The van der Waals surface area contributed by atoms with E-state index >= 15 is 0 Å². The van der Waals surface area contributed by atoms with Gasteiger partial charge in [-0.2, -0.15) is 5.10 Å². The number of nitrogens with one attached hydrogen (secondary N) is 2. The minimum Gasteiger partial charge on any atom is -0.497 e. The van der Waals surface area contributed by atoms with Gasteiger partial charge in [-0.15, -0.1) is 0 Å². The average Bonchev–Trinajstić information content (AvgIpc) is 2.70. The van der Waals surface area contributed by atoms with Gasteiger partial charge in [-0.1, -0.05) is 36.4 Å². The summed E-state index contributed by atoms with van der Waals surface area (Å²) in [6, 6.07) is 23.0. The molecule has 2 aromatic carbocycles. The Bertz CT molecular complexity index is 839. The molecule has 0 amide bonds. The summed E-state index contributed by atoms with van der Waals surface area (Å²) in [5.41, 5.74) is 6.16. The van der Waals surface area contributed by atoms with Crippen molar-refractivity contribution in [1.82, 2.24) is 10.4 Å². The van der Waals surface area contributed by atoms with Gasteiger partial charge in [-0.05, 0) is 48.6 Å². The molecule has 6 heteroatoms. The molecule has 26 heavy (non-hydrogen) atoms. The van der Waals surface area contributed by atoms with E-state index in [1.54, 1.807) is 13.3 Å². The van der Waals surface area contributed by atoms with E-state index in [-0.39, 0.29) is 0 Å². The maximum Gasteiger partial charge on any atom is 0.191 e. The van der Waals surface area contributed by atoms with Crippen LogP contribution in [-0.4, -0.2) is 22.9 Å². The van der Waals surface area contributed by atoms with Crippen LogP contribution in [0.3, 0.4) is 0 Å². The predicted octanol–water partition coefficient (Wildman–Crippen LogP) is 3.83.